The molecule has 0 spiro atoms. The molecule has 0 aliphatic rings. The van der Waals surface area contributed by atoms with Crippen molar-refractivity contribution in [3.63, 3.8) is 0 Å². The maximum absolute atomic E-state index is 12.1. The molecule has 0 aliphatic heterocycles. The van der Waals surface area contributed by atoms with Gasteiger partial charge in [-0.15, -0.1) is 11.3 Å². The molecule has 2 aromatic heterocycles. The van der Waals surface area contributed by atoms with E-state index in [9.17, 15) is 4.79 Å². The van der Waals surface area contributed by atoms with Crippen LogP contribution in [0.15, 0.2) is 4.79 Å². The number of fused-ring (bicyclic) bond motifs is 1. The number of aromatic nitrogens is 2. The van der Waals surface area contributed by atoms with Crippen LogP contribution in [-0.4, -0.2) is 41.0 Å². The van der Waals surface area contributed by atoms with Gasteiger partial charge in [-0.25, -0.2) is 4.98 Å². The summed E-state index contributed by atoms with van der Waals surface area (Å²) in [4.78, 5) is 24.0. The summed E-state index contributed by atoms with van der Waals surface area (Å²) in [6.45, 7) is 13.0. The molecule has 0 fully saturated rings. The highest BCUT2D eigenvalue weighted by atomic mass is 32.1. The van der Waals surface area contributed by atoms with Crippen LogP contribution in [0.2, 0.25) is 0 Å². The lowest BCUT2D eigenvalue weighted by atomic mass is 10.2. The zero-order valence-electron chi connectivity index (χ0n) is 13.2. The van der Waals surface area contributed by atoms with Gasteiger partial charge in [-0.05, 0) is 32.5 Å². The Kier molecular flexibility index (Phi) is 5.50. The number of hydrogen-bond acceptors (Lipinski definition) is 5. The minimum atomic E-state index is -0.0256. The van der Waals surface area contributed by atoms with Crippen molar-refractivity contribution in [2.45, 2.75) is 34.2 Å². The largest absolute Gasteiger partial charge is 0.309 e. The summed E-state index contributed by atoms with van der Waals surface area (Å²) >= 11 is 1.59. The highest BCUT2D eigenvalue weighted by Crippen LogP contribution is 2.25. The fourth-order valence-corrected chi connectivity index (χ4v) is 3.42. The minimum absolute atomic E-state index is 0.0256. The molecule has 0 saturated carbocycles. The van der Waals surface area contributed by atoms with Gasteiger partial charge in [-0.2, -0.15) is 0 Å². The standard InChI is InChI=1S/C15H24N4OS/c1-5-19(6-2)8-7-16-9-12-17-14(20)13-10(3)11(4)21-15(13)18-12/h16H,5-9H2,1-4H3,(H,17,18,20). The molecule has 116 valence electrons. The van der Waals surface area contributed by atoms with Gasteiger partial charge in [-0.1, -0.05) is 13.8 Å². The van der Waals surface area contributed by atoms with E-state index in [1.807, 2.05) is 13.8 Å². The number of thiophene rings is 1. The van der Waals surface area contributed by atoms with E-state index in [0.717, 1.165) is 46.8 Å². The first-order valence-corrected chi connectivity index (χ1v) is 8.30. The van der Waals surface area contributed by atoms with Gasteiger partial charge < -0.3 is 15.2 Å². The maximum Gasteiger partial charge on any atom is 0.259 e. The van der Waals surface area contributed by atoms with Crippen LogP contribution in [0.25, 0.3) is 10.2 Å². The smallest absolute Gasteiger partial charge is 0.259 e. The number of likely N-dealkylation sites (N-methyl/N-ethyl adjacent to an activating group) is 1. The van der Waals surface area contributed by atoms with Gasteiger partial charge >= 0.3 is 0 Å². The zero-order chi connectivity index (χ0) is 15.4. The number of hydrogen-bond donors (Lipinski definition) is 2. The molecule has 0 aromatic carbocycles. The number of aromatic amines is 1. The van der Waals surface area contributed by atoms with Crippen molar-refractivity contribution in [3.05, 3.63) is 26.6 Å². The lowest BCUT2D eigenvalue weighted by Crippen LogP contribution is -2.32. The molecule has 0 radical (unpaired) electrons. The molecule has 21 heavy (non-hydrogen) atoms. The topological polar surface area (TPSA) is 61.0 Å². The first-order valence-electron chi connectivity index (χ1n) is 7.48. The average molecular weight is 308 g/mol. The van der Waals surface area contributed by atoms with E-state index in [2.05, 4.69) is 34.0 Å². The minimum Gasteiger partial charge on any atom is -0.309 e. The lowest BCUT2D eigenvalue weighted by Gasteiger charge is -2.17. The summed E-state index contributed by atoms with van der Waals surface area (Å²) < 4.78 is 0. The molecule has 0 bridgehead atoms. The molecular formula is C15H24N4OS. The van der Waals surface area contributed by atoms with Gasteiger partial charge in [0, 0.05) is 18.0 Å². The Morgan fingerprint density at radius 1 is 1.29 bits per heavy atom. The quantitative estimate of drug-likeness (QED) is 0.768. The van der Waals surface area contributed by atoms with Gasteiger partial charge in [0.15, 0.2) is 0 Å². The number of nitrogens with zero attached hydrogens (tertiary/aromatic N) is 2. The first kappa shape index (κ1) is 16.1. The summed E-state index contributed by atoms with van der Waals surface area (Å²) in [7, 11) is 0. The fourth-order valence-electron chi connectivity index (χ4n) is 2.37. The number of aryl methyl sites for hydroxylation is 2. The number of nitrogens with one attached hydrogen (secondary N) is 2. The lowest BCUT2D eigenvalue weighted by molar-refractivity contribution is 0.302. The normalized spacial score (nSPS) is 11.7. The maximum atomic E-state index is 12.1. The van der Waals surface area contributed by atoms with Crippen molar-refractivity contribution >= 4 is 21.6 Å². The van der Waals surface area contributed by atoms with Crippen molar-refractivity contribution in [1.29, 1.82) is 0 Å². The molecule has 2 aromatic rings. The number of H-pyrrole nitrogens is 1. The molecule has 2 heterocycles. The van der Waals surface area contributed by atoms with Crippen molar-refractivity contribution in [3.8, 4) is 0 Å². The van der Waals surface area contributed by atoms with Gasteiger partial charge in [0.1, 0.15) is 10.7 Å². The summed E-state index contributed by atoms with van der Waals surface area (Å²) in [6, 6.07) is 0. The van der Waals surface area contributed by atoms with Crippen molar-refractivity contribution in [1.82, 2.24) is 20.2 Å². The van der Waals surface area contributed by atoms with Gasteiger partial charge in [-0.3, -0.25) is 4.79 Å². The van der Waals surface area contributed by atoms with Gasteiger partial charge in [0.2, 0.25) is 0 Å². The van der Waals surface area contributed by atoms with Crippen LogP contribution in [0, 0.1) is 13.8 Å². The Morgan fingerprint density at radius 2 is 2.00 bits per heavy atom. The van der Waals surface area contributed by atoms with Crippen molar-refractivity contribution in [2.75, 3.05) is 26.2 Å². The Hall–Kier alpha value is -1.24. The second-order valence-electron chi connectivity index (χ2n) is 5.18. The highest BCUT2D eigenvalue weighted by Gasteiger charge is 2.11. The molecule has 0 aliphatic carbocycles. The van der Waals surface area contributed by atoms with Crippen LogP contribution in [0.5, 0.6) is 0 Å². The summed E-state index contributed by atoms with van der Waals surface area (Å²) in [5.41, 5.74) is 1.02. The second kappa shape index (κ2) is 7.15. The van der Waals surface area contributed by atoms with E-state index in [1.54, 1.807) is 11.3 Å². The Balaban J connectivity index is 2.02. The fraction of sp³-hybridized carbons (Fsp3) is 0.600. The van der Waals surface area contributed by atoms with E-state index >= 15 is 0 Å². The van der Waals surface area contributed by atoms with Crippen LogP contribution < -0.4 is 10.9 Å². The van der Waals surface area contributed by atoms with Crippen LogP contribution in [0.3, 0.4) is 0 Å². The predicted octanol–water partition coefficient (Wildman–Crippen LogP) is 2.03. The number of rotatable bonds is 7. The van der Waals surface area contributed by atoms with Crippen LogP contribution >= 0.6 is 11.3 Å². The van der Waals surface area contributed by atoms with E-state index in [1.165, 1.54) is 0 Å². The third kappa shape index (κ3) is 3.70. The molecule has 0 unspecified atom stereocenters. The van der Waals surface area contributed by atoms with Crippen molar-refractivity contribution < 1.29 is 0 Å². The Bertz CT molecular complexity index is 657. The molecule has 2 N–H and O–H groups in total. The van der Waals surface area contributed by atoms with Crippen LogP contribution in [0.4, 0.5) is 0 Å². The van der Waals surface area contributed by atoms with Gasteiger partial charge in [0.25, 0.3) is 5.56 Å². The van der Waals surface area contributed by atoms with Gasteiger partial charge in [0.05, 0.1) is 11.9 Å². The monoisotopic (exact) mass is 308 g/mol. The SMILES string of the molecule is CCN(CC)CCNCc1nc2sc(C)c(C)c2c(=O)[nH]1. The van der Waals surface area contributed by atoms with E-state index in [4.69, 9.17) is 0 Å². The Morgan fingerprint density at radius 3 is 2.67 bits per heavy atom. The third-order valence-corrected chi connectivity index (χ3v) is 4.98. The zero-order valence-corrected chi connectivity index (χ0v) is 14.1. The Labute approximate surface area is 129 Å². The highest BCUT2D eigenvalue weighted by molar-refractivity contribution is 7.18. The first-order chi connectivity index (χ1) is 10.1. The molecule has 0 amide bonds. The molecule has 5 nitrogen and oxygen atoms in total. The van der Waals surface area contributed by atoms with Crippen LogP contribution in [-0.2, 0) is 6.54 Å². The van der Waals surface area contributed by atoms with E-state index < -0.39 is 0 Å². The summed E-state index contributed by atoms with van der Waals surface area (Å²) in [5, 5.41) is 4.08. The molecule has 2 rings (SSSR count). The van der Waals surface area contributed by atoms with Crippen molar-refractivity contribution in [2.24, 2.45) is 0 Å². The molecule has 0 atom stereocenters. The molecular weight excluding hydrogens is 284 g/mol. The second-order valence-corrected chi connectivity index (χ2v) is 6.38. The molecule has 0 saturated heterocycles. The summed E-state index contributed by atoms with van der Waals surface area (Å²) in [5.74, 6) is 0.716. The predicted molar refractivity (Wildman–Crippen MR) is 89.2 cm³/mol. The third-order valence-electron chi connectivity index (χ3n) is 3.88. The average Bonchev–Trinajstić information content (AvgIpc) is 2.74. The van der Waals surface area contributed by atoms with Crippen LogP contribution in [0.1, 0.15) is 30.1 Å². The van der Waals surface area contributed by atoms with E-state index in [0.29, 0.717) is 12.4 Å². The van der Waals surface area contributed by atoms with E-state index in [-0.39, 0.29) is 5.56 Å². The molecule has 6 heteroatoms. The summed E-state index contributed by atoms with van der Waals surface area (Å²) in [6.07, 6.45) is 0.